The van der Waals surface area contributed by atoms with Crippen molar-refractivity contribution < 1.29 is 19.8 Å². The molecule has 0 saturated heterocycles. The number of phenols is 1. The molecule has 0 fully saturated rings. The van der Waals surface area contributed by atoms with Crippen LogP contribution >= 0.6 is 22.6 Å². The number of halogens is 1. The van der Waals surface area contributed by atoms with Crippen molar-refractivity contribution in [2.75, 3.05) is 0 Å². The number of carbonyl (C=O) groups is 2. The summed E-state index contributed by atoms with van der Waals surface area (Å²) < 4.78 is 0.793. The maximum absolute atomic E-state index is 12.0. The van der Waals surface area contributed by atoms with E-state index in [1.807, 2.05) is 29.5 Å². The normalized spacial score (nSPS) is 11.9. The summed E-state index contributed by atoms with van der Waals surface area (Å²) >= 11 is 2.02. The van der Waals surface area contributed by atoms with Gasteiger partial charge in [-0.15, -0.1) is 0 Å². The first kappa shape index (κ1) is 15.7. The van der Waals surface area contributed by atoms with E-state index >= 15 is 0 Å². The Hall–Kier alpha value is -1.31. The van der Waals surface area contributed by atoms with Gasteiger partial charge in [0.2, 0.25) is 0 Å². The minimum Gasteiger partial charge on any atom is -0.507 e. The largest absolute Gasteiger partial charge is 0.507 e. The van der Waals surface area contributed by atoms with Crippen LogP contribution in [0, 0.1) is 3.57 Å². The quantitative estimate of drug-likeness (QED) is 0.665. The zero-order chi connectivity index (χ0) is 14.4. The molecule has 0 saturated carbocycles. The van der Waals surface area contributed by atoms with Crippen LogP contribution < -0.4 is 5.32 Å². The van der Waals surface area contributed by atoms with E-state index in [0.29, 0.717) is 6.42 Å². The highest BCUT2D eigenvalue weighted by Gasteiger charge is 2.21. The number of amides is 1. The minimum atomic E-state index is -1.06. The molecule has 0 unspecified atom stereocenters. The molecule has 3 N–H and O–H groups in total. The third-order valence-electron chi connectivity index (χ3n) is 2.65. The molecule has 1 amide bonds. The molecular weight excluding hydrogens is 361 g/mol. The Bertz CT molecular complexity index is 476. The van der Waals surface area contributed by atoms with Gasteiger partial charge in [-0.3, -0.25) is 4.79 Å². The van der Waals surface area contributed by atoms with Crippen LogP contribution in [0.5, 0.6) is 5.75 Å². The summed E-state index contributed by atoms with van der Waals surface area (Å²) in [5.41, 5.74) is 0.0923. The van der Waals surface area contributed by atoms with Gasteiger partial charge in [-0.1, -0.05) is 19.8 Å². The second kappa shape index (κ2) is 7.32. The number of carbonyl (C=O) groups excluding carboxylic acids is 1. The van der Waals surface area contributed by atoms with Gasteiger partial charge >= 0.3 is 5.97 Å². The Morgan fingerprint density at radius 3 is 2.68 bits per heavy atom. The summed E-state index contributed by atoms with van der Waals surface area (Å²) in [6, 6.07) is 3.67. The van der Waals surface area contributed by atoms with E-state index < -0.39 is 17.9 Å². The summed E-state index contributed by atoms with van der Waals surface area (Å²) in [4.78, 5) is 23.0. The number of phenolic OH excluding ortho intramolecular Hbond substituents is 1. The van der Waals surface area contributed by atoms with Crippen LogP contribution in [-0.2, 0) is 4.79 Å². The van der Waals surface area contributed by atoms with Crippen molar-refractivity contribution in [3.05, 3.63) is 27.3 Å². The van der Waals surface area contributed by atoms with E-state index in [1.54, 1.807) is 6.07 Å². The molecule has 19 heavy (non-hydrogen) atoms. The highest BCUT2D eigenvalue weighted by molar-refractivity contribution is 14.1. The van der Waals surface area contributed by atoms with Crippen LogP contribution in [0.1, 0.15) is 36.5 Å². The van der Waals surface area contributed by atoms with Gasteiger partial charge in [-0.05, 0) is 47.2 Å². The van der Waals surface area contributed by atoms with Crippen molar-refractivity contribution in [1.82, 2.24) is 5.32 Å². The first-order valence-corrected chi connectivity index (χ1v) is 7.05. The standard InChI is InChI=1S/C13H16INO4/c1-2-3-4-10(13(18)19)15-12(17)9-7-8(14)5-6-11(9)16/h5-7,10,16H,2-4H2,1H3,(H,15,17)(H,18,19)/t10-/m0/s1. The lowest BCUT2D eigenvalue weighted by molar-refractivity contribution is -0.139. The van der Waals surface area contributed by atoms with Crippen LogP contribution in [-0.4, -0.2) is 28.1 Å². The van der Waals surface area contributed by atoms with Gasteiger partial charge in [-0.25, -0.2) is 4.79 Å². The number of rotatable bonds is 6. The number of nitrogens with one attached hydrogen (secondary N) is 1. The van der Waals surface area contributed by atoms with Crippen molar-refractivity contribution in [1.29, 1.82) is 0 Å². The molecular formula is C13H16INO4. The maximum atomic E-state index is 12.0. The molecule has 1 aromatic carbocycles. The number of hydrogen-bond acceptors (Lipinski definition) is 3. The first-order chi connectivity index (χ1) is 8.95. The summed E-state index contributed by atoms with van der Waals surface area (Å²) in [6.07, 6.45) is 1.95. The fraction of sp³-hybridized carbons (Fsp3) is 0.385. The van der Waals surface area contributed by atoms with Crippen LogP contribution in [0.4, 0.5) is 0 Å². The number of aromatic hydroxyl groups is 1. The van der Waals surface area contributed by atoms with Crippen molar-refractivity contribution in [2.45, 2.75) is 32.2 Å². The average Bonchev–Trinajstić information content (AvgIpc) is 2.36. The average molecular weight is 377 g/mol. The van der Waals surface area contributed by atoms with Gasteiger partial charge in [0, 0.05) is 3.57 Å². The number of unbranched alkanes of at least 4 members (excludes halogenated alkanes) is 1. The summed E-state index contributed by atoms with van der Waals surface area (Å²) in [7, 11) is 0. The van der Waals surface area contributed by atoms with Gasteiger partial charge in [-0.2, -0.15) is 0 Å². The van der Waals surface area contributed by atoms with E-state index in [-0.39, 0.29) is 11.3 Å². The van der Waals surface area contributed by atoms with Crippen molar-refractivity contribution >= 4 is 34.5 Å². The molecule has 5 nitrogen and oxygen atoms in total. The number of aliphatic carboxylic acids is 1. The van der Waals surface area contributed by atoms with Crippen molar-refractivity contribution in [2.24, 2.45) is 0 Å². The molecule has 1 rings (SSSR count). The Balaban J connectivity index is 2.81. The Morgan fingerprint density at radius 1 is 1.42 bits per heavy atom. The lowest BCUT2D eigenvalue weighted by Crippen LogP contribution is -2.40. The van der Waals surface area contributed by atoms with Crippen LogP contribution in [0.15, 0.2) is 18.2 Å². The minimum absolute atomic E-state index is 0.0923. The van der Waals surface area contributed by atoms with Gasteiger partial charge in [0.05, 0.1) is 5.56 Å². The molecule has 104 valence electrons. The van der Waals surface area contributed by atoms with E-state index in [2.05, 4.69) is 5.32 Å². The smallest absolute Gasteiger partial charge is 0.326 e. The molecule has 0 radical (unpaired) electrons. The van der Waals surface area contributed by atoms with Crippen molar-refractivity contribution in [3.8, 4) is 5.75 Å². The number of carboxylic acids is 1. The molecule has 0 aliphatic heterocycles. The van der Waals surface area contributed by atoms with E-state index in [9.17, 15) is 14.7 Å². The Kier molecular flexibility index (Phi) is 6.07. The fourth-order valence-electron chi connectivity index (χ4n) is 1.59. The van der Waals surface area contributed by atoms with E-state index in [4.69, 9.17) is 5.11 Å². The molecule has 0 spiro atoms. The number of benzene rings is 1. The van der Waals surface area contributed by atoms with Gasteiger partial charge in [0.15, 0.2) is 0 Å². The number of hydrogen-bond donors (Lipinski definition) is 3. The van der Waals surface area contributed by atoms with Gasteiger partial charge < -0.3 is 15.5 Å². The SMILES string of the molecule is CCCC[C@H](NC(=O)c1cc(I)ccc1O)C(=O)O. The second-order valence-electron chi connectivity index (χ2n) is 4.17. The highest BCUT2D eigenvalue weighted by atomic mass is 127. The predicted octanol–water partition coefficient (Wildman–Crippen LogP) is 2.37. The molecule has 0 aliphatic carbocycles. The third-order valence-corrected chi connectivity index (χ3v) is 3.32. The fourth-order valence-corrected chi connectivity index (χ4v) is 2.08. The van der Waals surface area contributed by atoms with Gasteiger partial charge in [0.25, 0.3) is 5.91 Å². The van der Waals surface area contributed by atoms with Crippen LogP contribution in [0.3, 0.4) is 0 Å². The van der Waals surface area contributed by atoms with E-state index in [0.717, 1.165) is 16.4 Å². The molecule has 6 heteroatoms. The van der Waals surface area contributed by atoms with E-state index in [1.165, 1.54) is 12.1 Å². The molecule has 0 bridgehead atoms. The second-order valence-corrected chi connectivity index (χ2v) is 5.41. The summed E-state index contributed by atoms with van der Waals surface area (Å²) in [6.45, 7) is 1.95. The Labute approximate surface area is 125 Å². The predicted molar refractivity (Wildman–Crippen MR) is 79.2 cm³/mol. The molecule has 1 atom stereocenters. The monoisotopic (exact) mass is 377 g/mol. The topological polar surface area (TPSA) is 86.6 Å². The van der Waals surface area contributed by atoms with Crippen LogP contribution in [0.2, 0.25) is 0 Å². The molecule has 0 aliphatic rings. The zero-order valence-corrected chi connectivity index (χ0v) is 12.7. The third kappa shape index (κ3) is 4.70. The van der Waals surface area contributed by atoms with Crippen LogP contribution in [0.25, 0.3) is 0 Å². The summed E-state index contributed by atoms with van der Waals surface area (Å²) in [5.74, 6) is -1.79. The Morgan fingerprint density at radius 2 is 2.11 bits per heavy atom. The lowest BCUT2D eigenvalue weighted by atomic mass is 10.1. The van der Waals surface area contributed by atoms with Gasteiger partial charge in [0.1, 0.15) is 11.8 Å². The maximum Gasteiger partial charge on any atom is 0.326 e. The lowest BCUT2D eigenvalue weighted by Gasteiger charge is -2.14. The molecule has 1 aromatic rings. The molecule has 0 aromatic heterocycles. The first-order valence-electron chi connectivity index (χ1n) is 5.98. The number of carboxylic acid groups (broad SMARTS) is 1. The van der Waals surface area contributed by atoms with Crippen molar-refractivity contribution in [3.63, 3.8) is 0 Å². The summed E-state index contributed by atoms with van der Waals surface area (Å²) in [5, 5.41) is 21.1. The molecule has 0 heterocycles. The zero-order valence-electron chi connectivity index (χ0n) is 10.5. The highest BCUT2D eigenvalue weighted by Crippen LogP contribution is 2.19.